The molecule has 0 unspecified atom stereocenters. The molecule has 5 nitrogen and oxygen atoms in total. The molecule has 1 heterocycles. The minimum absolute atomic E-state index is 0.373. The Morgan fingerprint density at radius 3 is 1.97 bits per heavy atom. The maximum Gasteiger partial charge on any atom is 0.412 e. The third kappa shape index (κ3) is 3.52. The van der Waals surface area contributed by atoms with E-state index in [4.69, 9.17) is 10.5 Å². The Morgan fingerprint density at radius 1 is 0.968 bits per heavy atom. The molecule has 7 heteroatoms. The smallest absolute Gasteiger partial charge is 0.412 e. The van der Waals surface area contributed by atoms with E-state index in [1.165, 1.54) is 53.4 Å². The molecule has 1 fully saturated rings. The number of ether oxygens (including phenoxy) is 1. The normalized spacial score (nSPS) is 17.5. The summed E-state index contributed by atoms with van der Waals surface area (Å²) in [4.78, 5) is 26.1. The number of rotatable bonds is 5. The Bertz CT molecular complexity index is 1080. The first-order valence-corrected chi connectivity index (χ1v) is 9.68. The molecule has 2 amide bonds. The SMILES string of the molecule is Cc1ccccc1[C@@H]1N(CC(N)=O)C(=O)OC1(c1ccc(F)cc1)c1ccc(F)cc1. The van der Waals surface area contributed by atoms with Crippen LogP contribution in [0, 0.1) is 18.6 Å². The van der Waals surface area contributed by atoms with Crippen LogP contribution in [-0.2, 0) is 15.1 Å². The van der Waals surface area contributed by atoms with Crippen LogP contribution in [0.2, 0.25) is 0 Å². The number of carbonyl (C=O) groups excluding carboxylic acids is 2. The Hall–Kier alpha value is -3.74. The van der Waals surface area contributed by atoms with E-state index < -0.39 is 35.3 Å². The molecule has 0 spiro atoms. The molecule has 4 rings (SSSR count). The molecule has 3 aromatic carbocycles. The van der Waals surface area contributed by atoms with Crippen LogP contribution < -0.4 is 5.73 Å². The number of aryl methyl sites for hydroxylation is 1. The summed E-state index contributed by atoms with van der Waals surface area (Å²) in [5.74, 6) is -1.61. The van der Waals surface area contributed by atoms with Gasteiger partial charge >= 0.3 is 6.09 Å². The summed E-state index contributed by atoms with van der Waals surface area (Å²) in [6.07, 6.45) is -0.749. The van der Waals surface area contributed by atoms with E-state index in [2.05, 4.69) is 0 Å². The van der Waals surface area contributed by atoms with Crippen molar-refractivity contribution in [1.82, 2.24) is 4.90 Å². The second-order valence-corrected chi connectivity index (χ2v) is 7.47. The molecule has 0 radical (unpaired) electrons. The lowest BCUT2D eigenvalue weighted by Gasteiger charge is -2.36. The van der Waals surface area contributed by atoms with Gasteiger partial charge in [0, 0.05) is 11.1 Å². The molecule has 2 N–H and O–H groups in total. The summed E-state index contributed by atoms with van der Waals surface area (Å²) in [7, 11) is 0. The summed E-state index contributed by atoms with van der Waals surface area (Å²) in [5.41, 5.74) is 6.51. The summed E-state index contributed by atoms with van der Waals surface area (Å²) >= 11 is 0. The highest BCUT2D eigenvalue weighted by Crippen LogP contribution is 2.52. The zero-order valence-corrected chi connectivity index (χ0v) is 16.7. The number of halogens is 2. The number of hydrogen-bond acceptors (Lipinski definition) is 3. The zero-order chi connectivity index (χ0) is 22.2. The van der Waals surface area contributed by atoms with Crippen LogP contribution in [0.3, 0.4) is 0 Å². The van der Waals surface area contributed by atoms with Gasteiger partial charge in [0.15, 0.2) is 5.60 Å². The molecule has 0 aliphatic carbocycles. The van der Waals surface area contributed by atoms with Gasteiger partial charge in [0.2, 0.25) is 5.91 Å². The average Bonchev–Trinajstić information content (AvgIpc) is 3.02. The number of hydrogen-bond donors (Lipinski definition) is 1. The maximum atomic E-state index is 13.7. The van der Waals surface area contributed by atoms with Gasteiger partial charge in [-0.15, -0.1) is 0 Å². The van der Waals surface area contributed by atoms with Gasteiger partial charge in [0.1, 0.15) is 24.2 Å². The third-order valence-electron chi connectivity index (χ3n) is 5.53. The topological polar surface area (TPSA) is 72.6 Å². The predicted octanol–water partition coefficient (Wildman–Crippen LogP) is 4.20. The Balaban J connectivity index is 2.04. The van der Waals surface area contributed by atoms with Crippen LogP contribution >= 0.6 is 0 Å². The average molecular weight is 422 g/mol. The van der Waals surface area contributed by atoms with Gasteiger partial charge in [-0.25, -0.2) is 13.6 Å². The molecule has 31 heavy (non-hydrogen) atoms. The Kier molecular flexibility index (Phi) is 5.19. The van der Waals surface area contributed by atoms with Gasteiger partial charge in [-0.2, -0.15) is 0 Å². The van der Waals surface area contributed by atoms with Crippen LogP contribution in [0.1, 0.15) is 28.3 Å². The summed E-state index contributed by atoms with van der Waals surface area (Å²) < 4.78 is 33.4. The lowest BCUT2D eigenvalue weighted by Crippen LogP contribution is -2.41. The molecule has 1 aliphatic rings. The monoisotopic (exact) mass is 422 g/mol. The minimum atomic E-state index is -1.46. The van der Waals surface area contributed by atoms with Crippen molar-refractivity contribution in [3.05, 3.63) is 107 Å². The fourth-order valence-electron chi connectivity index (χ4n) is 4.18. The summed E-state index contributed by atoms with van der Waals surface area (Å²) in [6.45, 7) is 1.50. The quantitative estimate of drug-likeness (QED) is 0.670. The molecule has 0 aromatic heterocycles. The lowest BCUT2D eigenvalue weighted by molar-refractivity contribution is -0.118. The van der Waals surface area contributed by atoms with Gasteiger partial charge in [-0.3, -0.25) is 9.69 Å². The number of primary amides is 1. The van der Waals surface area contributed by atoms with Crippen LogP contribution in [0.15, 0.2) is 72.8 Å². The fraction of sp³-hybridized carbons (Fsp3) is 0.167. The van der Waals surface area contributed by atoms with Crippen molar-refractivity contribution in [1.29, 1.82) is 0 Å². The van der Waals surface area contributed by atoms with Crippen molar-refractivity contribution in [3.63, 3.8) is 0 Å². The van der Waals surface area contributed by atoms with Gasteiger partial charge in [-0.05, 0) is 42.3 Å². The van der Waals surface area contributed by atoms with Crippen molar-refractivity contribution in [2.75, 3.05) is 6.54 Å². The predicted molar refractivity (Wildman–Crippen MR) is 110 cm³/mol. The second-order valence-electron chi connectivity index (χ2n) is 7.47. The Morgan fingerprint density at radius 2 is 1.48 bits per heavy atom. The highest BCUT2D eigenvalue weighted by Gasteiger charge is 2.57. The summed E-state index contributed by atoms with van der Waals surface area (Å²) in [6, 6.07) is 17.7. The van der Waals surface area contributed by atoms with Crippen molar-refractivity contribution in [2.45, 2.75) is 18.6 Å². The van der Waals surface area contributed by atoms with Gasteiger partial charge in [0.05, 0.1) is 0 Å². The number of benzene rings is 3. The Labute approximate surface area is 178 Å². The molecule has 1 atom stereocenters. The largest absolute Gasteiger partial charge is 0.430 e. The van der Waals surface area contributed by atoms with E-state index in [9.17, 15) is 18.4 Å². The third-order valence-corrected chi connectivity index (χ3v) is 5.53. The molecule has 1 aliphatic heterocycles. The van der Waals surface area contributed by atoms with Crippen LogP contribution in [0.25, 0.3) is 0 Å². The molecular weight excluding hydrogens is 402 g/mol. The van der Waals surface area contributed by atoms with E-state index in [1.54, 1.807) is 0 Å². The van der Waals surface area contributed by atoms with Gasteiger partial charge in [0.25, 0.3) is 0 Å². The molecule has 0 bridgehead atoms. The minimum Gasteiger partial charge on any atom is -0.430 e. The molecular formula is C24H20F2N2O3. The van der Waals surface area contributed by atoms with Crippen LogP contribution in [-0.4, -0.2) is 23.4 Å². The number of nitrogens with zero attached hydrogens (tertiary/aromatic N) is 1. The fourth-order valence-corrected chi connectivity index (χ4v) is 4.18. The van der Waals surface area contributed by atoms with Crippen molar-refractivity contribution < 1.29 is 23.1 Å². The van der Waals surface area contributed by atoms with Gasteiger partial charge in [-0.1, -0.05) is 48.5 Å². The maximum absolute atomic E-state index is 13.7. The van der Waals surface area contributed by atoms with Crippen molar-refractivity contribution in [2.24, 2.45) is 5.73 Å². The highest BCUT2D eigenvalue weighted by atomic mass is 19.1. The number of carbonyl (C=O) groups is 2. The first-order valence-electron chi connectivity index (χ1n) is 9.68. The molecule has 3 aromatic rings. The first-order chi connectivity index (χ1) is 14.8. The number of nitrogens with two attached hydrogens (primary N) is 1. The van der Waals surface area contributed by atoms with E-state index in [1.807, 2.05) is 31.2 Å². The van der Waals surface area contributed by atoms with Crippen LogP contribution in [0.5, 0.6) is 0 Å². The lowest BCUT2D eigenvalue weighted by atomic mass is 9.76. The van der Waals surface area contributed by atoms with E-state index in [-0.39, 0.29) is 6.54 Å². The van der Waals surface area contributed by atoms with Gasteiger partial charge < -0.3 is 10.5 Å². The molecule has 1 saturated heterocycles. The number of cyclic esters (lactones) is 1. The second kappa shape index (κ2) is 7.83. The molecule has 0 saturated carbocycles. The highest BCUT2D eigenvalue weighted by molar-refractivity contribution is 5.83. The van der Waals surface area contributed by atoms with Crippen molar-refractivity contribution >= 4 is 12.0 Å². The van der Waals surface area contributed by atoms with Crippen LogP contribution in [0.4, 0.5) is 13.6 Å². The summed E-state index contributed by atoms with van der Waals surface area (Å²) in [5, 5.41) is 0. The molecule has 158 valence electrons. The van der Waals surface area contributed by atoms with E-state index >= 15 is 0 Å². The van der Waals surface area contributed by atoms with E-state index in [0.29, 0.717) is 11.1 Å². The zero-order valence-electron chi connectivity index (χ0n) is 16.7. The number of amides is 2. The first kappa shape index (κ1) is 20.5. The van der Waals surface area contributed by atoms with E-state index in [0.717, 1.165) is 11.1 Å². The van der Waals surface area contributed by atoms with Crippen molar-refractivity contribution in [3.8, 4) is 0 Å². The standard InChI is InChI=1S/C24H20F2N2O3/c1-15-4-2-3-5-20(15)22-24(16-6-10-18(25)11-7-16,17-8-12-19(26)13-9-17)31-23(30)28(22)14-21(27)29/h2-13,22H,14H2,1H3,(H2,27,29)/t22-/m0/s1.